The second-order valence-electron chi connectivity index (χ2n) is 4.08. The Morgan fingerprint density at radius 1 is 1.39 bits per heavy atom. The van der Waals surface area contributed by atoms with Gasteiger partial charge in [0, 0.05) is 12.6 Å². The zero-order valence-corrected chi connectivity index (χ0v) is 9.75. The minimum Gasteiger partial charge on any atom is -0.475 e. The summed E-state index contributed by atoms with van der Waals surface area (Å²) in [6.07, 6.45) is 1.25. The van der Waals surface area contributed by atoms with Gasteiger partial charge in [-0.2, -0.15) is 0 Å². The zero-order valence-electron chi connectivity index (χ0n) is 9.75. The topological polar surface area (TPSA) is 91.1 Å². The summed E-state index contributed by atoms with van der Waals surface area (Å²) in [6, 6.07) is 1.49. The molecule has 7 heteroatoms. The van der Waals surface area contributed by atoms with Gasteiger partial charge in [-0.05, 0) is 6.07 Å². The quantitative estimate of drug-likeness (QED) is 0.803. The van der Waals surface area contributed by atoms with Crippen LogP contribution in [-0.2, 0) is 16.1 Å². The summed E-state index contributed by atoms with van der Waals surface area (Å²) in [7, 11) is 1.55. The van der Waals surface area contributed by atoms with Gasteiger partial charge in [-0.1, -0.05) is 0 Å². The Labute approximate surface area is 103 Å². The maximum Gasteiger partial charge on any atom is 0.372 e. The van der Waals surface area contributed by atoms with Gasteiger partial charge < -0.3 is 19.3 Å². The SMILES string of the molecule is CN1CC(=O)N(Cc2ccoc2C(=O)O)CC1=O. The van der Waals surface area contributed by atoms with Gasteiger partial charge in [0.15, 0.2) is 0 Å². The van der Waals surface area contributed by atoms with Crippen molar-refractivity contribution in [3.05, 3.63) is 23.7 Å². The van der Waals surface area contributed by atoms with Crippen LogP contribution in [0.4, 0.5) is 0 Å². The van der Waals surface area contributed by atoms with Crippen molar-refractivity contribution in [1.82, 2.24) is 9.80 Å². The molecule has 1 saturated heterocycles. The highest BCUT2D eigenvalue weighted by Gasteiger charge is 2.28. The molecule has 96 valence electrons. The highest BCUT2D eigenvalue weighted by Crippen LogP contribution is 2.15. The average Bonchev–Trinajstić information content (AvgIpc) is 2.74. The molecule has 0 aliphatic carbocycles. The molecule has 2 heterocycles. The standard InChI is InChI=1S/C11H12N2O5/c1-12-5-9(15)13(6-8(12)14)4-7-2-3-18-10(7)11(16)17/h2-3H,4-6H2,1H3,(H,16,17). The summed E-state index contributed by atoms with van der Waals surface area (Å²) >= 11 is 0. The van der Waals surface area contributed by atoms with E-state index in [-0.39, 0.29) is 37.2 Å². The molecule has 1 aromatic heterocycles. The fraction of sp³-hybridized carbons (Fsp3) is 0.364. The van der Waals surface area contributed by atoms with Crippen LogP contribution < -0.4 is 0 Å². The summed E-state index contributed by atoms with van der Waals surface area (Å²) in [4.78, 5) is 36.7. The molecule has 2 rings (SSSR count). The number of furan rings is 1. The van der Waals surface area contributed by atoms with E-state index in [1.165, 1.54) is 22.1 Å². The van der Waals surface area contributed by atoms with Crippen molar-refractivity contribution in [2.24, 2.45) is 0 Å². The molecule has 1 aliphatic heterocycles. The molecular weight excluding hydrogens is 240 g/mol. The maximum atomic E-state index is 11.7. The molecule has 18 heavy (non-hydrogen) atoms. The molecule has 1 fully saturated rings. The van der Waals surface area contributed by atoms with Gasteiger partial charge in [0.1, 0.15) is 6.54 Å². The van der Waals surface area contributed by atoms with E-state index in [4.69, 9.17) is 9.52 Å². The summed E-state index contributed by atoms with van der Waals surface area (Å²) in [5, 5.41) is 8.87. The number of carboxylic acids is 1. The molecule has 7 nitrogen and oxygen atoms in total. The Morgan fingerprint density at radius 2 is 2.11 bits per heavy atom. The molecule has 0 aromatic carbocycles. The van der Waals surface area contributed by atoms with Gasteiger partial charge in [-0.25, -0.2) is 4.79 Å². The summed E-state index contributed by atoms with van der Waals surface area (Å²) in [6.45, 7) is 0.0369. The van der Waals surface area contributed by atoms with Gasteiger partial charge in [-0.15, -0.1) is 0 Å². The Bertz CT molecular complexity index is 507. The number of carbonyl (C=O) groups is 3. The number of amides is 2. The molecule has 0 atom stereocenters. The van der Waals surface area contributed by atoms with E-state index < -0.39 is 5.97 Å². The van der Waals surface area contributed by atoms with Crippen LogP contribution in [0.25, 0.3) is 0 Å². The third kappa shape index (κ3) is 2.20. The maximum absolute atomic E-state index is 11.7. The van der Waals surface area contributed by atoms with Crippen LogP contribution in [0.15, 0.2) is 16.7 Å². The van der Waals surface area contributed by atoms with Crippen molar-refractivity contribution in [3.63, 3.8) is 0 Å². The fourth-order valence-corrected chi connectivity index (χ4v) is 1.76. The number of aromatic carboxylic acids is 1. The zero-order chi connectivity index (χ0) is 13.3. The van der Waals surface area contributed by atoms with Crippen LogP contribution in [0, 0.1) is 0 Å². The van der Waals surface area contributed by atoms with E-state index in [1.54, 1.807) is 7.05 Å². The lowest BCUT2D eigenvalue weighted by Gasteiger charge is -2.31. The molecule has 0 spiro atoms. The van der Waals surface area contributed by atoms with Crippen molar-refractivity contribution in [2.75, 3.05) is 20.1 Å². The molecule has 1 N–H and O–H groups in total. The number of nitrogens with zero attached hydrogens (tertiary/aromatic N) is 2. The van der Waals surface area contributed by atoms with Crippen molar-refractivity contribution in [3.8, 4) is 0 Å². The molecule has 1 aliphatic rings. The van der Waals surface area contributed by atoms with Crippen molar-refractivity contribution in [1.29, 1.82) is 0 Å². The summed E-state index contributed by atoms with van der Waals surface area (Å²) in [5.41, 5.74) is 0.383. The first-order valence-electron chi connectivity index (χ1n) is 5.30. The largest absolute Gasteiger partial charge is 0.475 e. The Kier molecular flexibility index (Phi) is 3.05. The third-order valence-electron chi connectivity index (χ3n) is 2.78. The number of rotatable bonds is 3. The van der Waals surface area contributed by atoms with Crippen LogP contribution in [0.2, 0.25) is 0 Å². The van der Waals surface area contributed by atoms with Crippen LogP contribution in [-0.4, -0.2) is 52.8 Å². The molecule has 0 radical (unpaired) electrons. The van der Waals surface area contributed by atoms with Gasteiger partial charge in [0.2, 0.25) is 17.6 Å². The Hall–Kier alpha value is -2.31. The fourth-order valence-electron chi connectivity index (χ4n) is 1.76. The van der Waals surface area contributed by atoms with E-state index in [9.17, 15) is 14.4 Å². The lowest BCUT2D eigenvalue weighted by molar-refractivity contribution is -0.149. The van der Waals surface area contributed by atoms with E-state index >= 15 is 0 Å². The van der Waals surface area contributed by atoms with Gasteiger partial charge >= 0.3 is 5.97 Å². The molecule has 0 saturated carbocycles. The normalized spacial score (nSPS) is 16.3. The van der Waals surface area contributed by atoms with Gasteiger partial charge in [0.05, 0.1) is 19.4 Å². The summed E-state index contributed by atoms with van der Waals surface area (Å²) in [5.74, 6) is -1.78. The van der Waals surface area contributed by atoms with Crippen LogP contribution >= 0.6 is 0 Å². The Balaban J connectivity index is 2.14. The highest BCUT2D eigenvalue weighted by molar-refractivity contribution is 5.92. The van der Waals surface area contributed by atoms with Crippen LogP contribution in [0.3, 0.4) is 0 Å². The molecular formula is C11H12N2O5. The van der Waals surface area contributed by atoms with Crippen molar-refractivity contribution in [2.45, 2.75) is 6.54 Å². The summed E-state index contributed by atoms with van der Waals surface area (Å²) < 4.78 is 4.82. The minimum absolute atomic E-state index is 0.0130. The van der Waals surface area contributed by atoms with Gasteiger partial charge in [-0.3, -0.25) is 9.59 Å². The lowest BCUT2D eigenvalue weighted by Crippen LogP contribution is -2.51. The highest BCUT2D eigenvalue weighted by atomic mass is 16.4. The van der Waals surface area contributed by atoms with E-state index in [2.05, 4.69) is 0 Å². The van der Waals surface area contributed by atoms with Crippen molar-refractivity contribution < 1.29 is 23.9 Å². The second-order valence-corrected chi connectivity index (χ2v) is 4.08. The number of hydrogen-bond acceptors (Lipinski definition) is 4. The minimum atomic E-state index is -1.19. The second kappa shape index (κ2) is 4.52. The Morgan fingerprint density at radius 3 is 2.78 bits per heavy atom. The van der Waals surface area contributed by atoms with E-state index in [0.717, 1.165) is 0 Å². The number of hydrogen-bond donors (Lipinski definition) is 1. The van der Waals surface area contributed by atoms with Crippen LogP contribution in [0.5, 0.6) is 0 Å². The smallest absolute Gasteiger partial charge is 0.372 e. The molecule has 2 amide bonds. The first-order valence-corrected chi connectivity index (χ1v) is 5.30. The predicted molar refractivity (Wildman–Crippen MR) is 58.7 cm³/mol. The monoisotopic (exact) mass is 252 g/mol. The first kappa shape index (κ1) is 12.2. The third-order valence-corrected chi connectivity index (χ3v) is 2.78. The number of carboxylic acid groups (broad SMARTS) is 1. The molecule has 0 bridgehead atoms. The number of carbonyl (C=O) groups excluding carboxylic acids is 2. The number of piperazine rings is 1. The average molecular weight is 252 g/mol. The molecule has 1 aromatic rings. The van der Waals surface area contributed by atoms with Gasteiger partial charge in [0.25, 0.3) is 0 Å². The molecule has 0 unspecified atom stereocenters. The van der Waals surface area contributed by atoms with Crippen molar-refractivity contribution >= 4 is 17.8 Å². The first-order chi connectivity index (χ1) is 8.49. The van der Waals surface area contributed by atoms with E-state index in [1.807, 2.05) is 0 Å². The lowest BCUT2D eigenvalue weighted by atomic mass is 10.2. The van der Waals surface area contributed by atoms with E-state index in [0.29, 0.717) is 5.56 Å². The number of likely N-dealkylation sites (N-methyl/N-ethyl adjacent to an activating group) is 1. The van der Waals surface area contributed by atoms with Crippen LogP contribution in [0.1, 0.15) is 16.1 Å². The predicted octanol–water partition coefficient (Wildman–Crippen LogP) is -0.222.